The molecule has 0 aromatic rings. The van der Waals surface area contributed by atoms with Gasteiger partial charge in [0.1, 0.15) is 12.7 Å². The van der Waals surface area contributed by atoms with Crippen LogP contribution in [-0.4, -0.2) is 97.6 Å². The minimum absolute atomic E-state index is 0.0323. The van der Waals surface area contributed by atoms with Crippen LogP contribution in [0.2, 0.25) is 0 Å². The zero-order valence-corrected chi connectivity index (χ0v) is 14.3. The Bertz CT molecular complexity index is 269. The Kier molecular flexibility index (Phi) is 21.2. The summed E-state index contributed by atoms with van der Waals surface area (Å²) in [6.07, 6.45) is 6.99. The van der Waals surface area contributed by atoms with E-state index in [2.05, 4.69) is 10.8 Å². The summed E-state index contributed by atoms with van der Waals surface area (Å²) in [5.74, 6) is 0. The number of hydrogen-bond acceptors (Lipinski definition) is 8. The molecule has 0 unspecified atom stereocenters. The third kappa shape index (κ3) is 21.1. The first kappa shape index (κ1) is 23.1. The lowest BCUT2D eigenvalue weighted by Crippen LogP contribution is -2.14. The van der Waals surface area contributed by atoms with Crippen LogP contribution in [0.3, 0.4) is 0 Å². The molecule has 8 heteroatoms. The van der Waals surface area contributed by atoms with Gasteiger partial charge in [-0.1, -0.05) is 6.42 Å². The van der Waals surface area contributed by atoms with Gasteiger partial charge in [-0.2, -0.15) is 0 Å². The summed E-state index contributed by atoms with van der Waals surface area (Å²) in [6.45, 7) is 6.30. The Morgan fingerprint density at radius 2 is 0.792 bits per heavy atom. The minimum atomic E-state index is 0.0323. The van der Waals surface area contributed by atoms with Crippen molar-refractivity contribution in [3.05, 3.63) is 0 Å². The Morgan fingerprint density at radius 3 is 1.08 bits per heavy atom. The number of hydrogen-bond donors (Lipinski definition) is 1. The van der Waals surface area contributed by atoms with Crippen molar-refractivity contribution in [2.75, 3.05) is 92.5 Å². The zero-order valence-electron chi connectivity index (χ0n) is 14.3. The fourth-order valence-corrected chi connectivity index (χ4v) is 1.43. The highest BCUT2D eigenvalue weighted by Crippen LogP contribution is 1.84. The molecule has 0 aliphatic heterocycles. The van der Waals surface area contributed by atoms with E-state index in [1.165, 1.54) is 0 Å². The third-order valence-electron chi connectivity index (χ3n) is 2.51. The fraction of sp³-hybridized carbons (Fsp3) is 0.875. The average Bonchev–Trinajstić information content (AvgIpc) is 2.60. The molecule has 0 radical (unpaired) electrons. The molecule has 0 saturated carbocycles. The van der Waals surface area contributed by atoms with Gasteiger partial charge in [0.15, 0.2) is 0 Å². The Balaban J connectivity index is 2.94. The van der Waals surface area contributed by atoms with Gasteiger partial charge in [0.05, 0.1) is 85.9 Å². The van der Waals surface area contributed by atoms with E-state index in [1.54, 1.807) is 0 Å². The van der Waals surface area contributed by atoms with Gasteiger partial charge in [0.2, 0.25) is 0 Å². The van der Waals surface area contributed by atoms with E-state index in [9.17, 15) is 0 Å². The van der Waals surface area contributed by atoms with E-state index in [-0.39, 0.29) is 6.61 Å². The van der Waals surface area contributed by atoms with Crippen LogP contribution in [0.25, 0.3) is 0 Å². The second-order valence-corrected chi connectivity index (χ2v) is 4.36. The van der Waals surface area contributed by atoms with Crippen molar-refractivity contribution in [3.8, 4) is 12.5 Å². The molecule has 24 heavy (non-hydrogen) atoms. The summed E-state index contributed by atoms with van der Waals surface area (Å²) < 4.78 is 36.2. The normalized spacial score (nSPS) is 10.7. The summed E-state index contributed by atoms with van der Waals surface area (Å²) in [4.78, 5) is 0. The Labute approximate surface area is 144 Å². The van der Waals surface area contributed by atoms with Gasteiger partial charge in [0, 0.05) is 0 Å². The monoisotopic (exact) mass is 350 g/mol. The second kappa shape index (κ2) is 22.1. The molecule has 8 nitrogen and oxygen atoms in total. The largest absolute Gasteiger partial charge is 0.444 e. The molecule has 0 aliphatic rings. The summed E-state index contributed by atoms with van der Waals surface area (Å²) in [6, 6.07) is 0. The topological polar surface area (TPSA) is 84.8 Å². The van der Waals surface area contributed by atoms with Crippen LogP contribution in [0.1, 0.15) is 0 Å². The van der Waals surface area contributed by atoms with Crippen LogP contribution < -0.4 is 0 Å². The summed E-state index contributed by atoms with van der Waals surface area (Å²) >= 11 is 0. The molecular formula is C16H30O8. The smallest absolute Gasteiger partial charge is 0.123 e. The van der Waals surface area contributed by atoms with Gasteiger partial charge >= 0.3 is 0 Å². The van der Waals surface area contributed by atoms with Crippen molar-refractivity contribution < 1.29 is 38.3 Å². The number of ether oxygens (including phenoxy) is 7. The number of aliphatic hydroxyl groups excluding tert-OH is 1. The predicted molar refractivity (Wildman–Crippen MR) is 86.8 cm³/mol. The molecule has 0 aromatic carbocycles. The molecule has 0 amide bonds. The van der Waals surface area contributed by atoms with Crippen LogP contribution in [0.5, 0.6) is 0 Å². The van der Waals surface area contributed by atoms with Gasteiger partial charge in [-0.25, -0.2) is 0 Å². The molecule has 0 heterocycles. The maximum absolute atomic E-state index is 8.50. The van der Waals surface area contributed by atoms with Crippen molar-refractivity contribution in [1.82, 2.24) is 0 Å². The van der Waals surface area contributed by atoms with E-state index in [0.717, 1.165) is 0 Å². The molecule has 1 N–H and O–H groups in total. The first-order chi connectivity index (χ1) is 11.9. The van der Waals surface area contributed by atoms with E-state index in [1.807, 2.05) is 0 Å². The third-order valence-corrected chi connectivity index (χ3v) is 2.51. The van der Waals surface area contributed by atoms with Crippen LogP contribution in [0.15, 0.2) is 0 Å². The summed E-state index contributed by atoms with van der Waals surface area (Å²) in [5.41, 5.74) is 0. The second-order valence-electron chi connectivity index (χ2n) is 4.36. The van der Waals surface area contributed by atoms with Crippen molar-refractivity contribution >= 4 is 0 Å². The highest BCUT2D eigenvalue weighted by molar-refractivity contribution is 4.67. The van der Waals surface area contributed by atoms with Crippen LogP contribution in [0, 0.1) is 12.5 Å². The predicted octanol–water partition coefficient (Wildman–Crippen LogP) is -0.314. The molecule has 0 aliphatic carbocycles. The van der Waals surface area contributed by atoms with Crippen molar-refractivity contribution in [2.45, 2.75) is 0 Å². The minimum Gasteiger partial charge on any atom is -0.444 e. The molecule has 0 saturated heterocycles. The number of rotatable bonds is 20. The van der Waals surface area contributed by atoms with Crippen molar-refractivity contribution in [1.29, 1.82) is 0 Å². The first-order valence-electron chi connectivity index (χ1n) is 8.06. The van der Waals surface area contributed by atoms with Crippen LogP contribution >= 0.6 is 0 Å². The molecule has 0 aromatic heterocycles. The molecule has 0 fully saturated rings. The average molecular weight is 350 g/mol. The van der Waals surface area contributed by atoms with Crippen molar-refractivity contribution in [2.24, 2.45) is 0 Å². The number of aliphatic hydroxyl groups is 1. The van der Waals surface area contributed by atoms with E-state index >= 15 is 0 Å². The van der Waals surface area contributed by atoms with Gasteiger partial charge in [-0.3, -0.25) is 0 Å². The molecule has 0 atom stereocenters. The highest BCUT2D eigenvalue weighted by atomic mass is 16.6. The summed E-state index contributed by atoms with van der Waals surface area (Å²) in [7, 11) is 0. The number of terminal acetylenes is 1. The Morgan fingerprint density at radius 1 is 0.500 bits per heavy atom. The lowest BCUT2D eigenvalue weighted by Gasteiger charge is -2.08. The van der Waals surface area contributed by atoms with Gasteiger partial charge in [-0.15, -0.1) is 0 Å². The van der Waals surface area contributed by atoms with Crippen LogP contribution in [-0.2, 0) is 33.2 Å². The maximum Gasteiger partial charge on any atom is 0.123 e. The standard InChI is InChI=1S/C16H30O8/c1-2-18-5-6-20-9-10-22-13-14-24-16-15-23-12-11-21-8-7-19-4-3-17/h1,17H,3-16H2. The Hall–Kier alpha value is -0.920. The van der Waals surface area contributed by atoms with Gasteiger partial charge in [-0.05, 0) is 0 Å². The summed E-state index contributed by atoms with van der Waals surface area (Å²) in [5, 5.41) is 8.50. The fourth-order valence-electron chi connectivity index (χ4n) is 1.43. The molecule has 142 valence electrons. The van der Waals surface area contributed by atoms with Crippen LogP contribution in [0.4, 0.5) is 0 Å². The lowest BCUT2D eigenvalue weighted by atomic mass is 10.6. The van der Waals surface area contributed by atoms with Crippen molar-refractivity contribution in [3.63, 3.8) is 0 Å². The maximum atomic E-state index is 8.50. The van der Waals surface area contributed by atoms with E-state index in [0.29, 0.717) is 85.9 Å². The quantitative estimate of drug-likeness (QED) is 0.236. The molecule has 0 rings (SSSR count). The first-order valence-corrected chi connectivity index (χ1v) is 8.06. The SMILES string of the molecule is C#COCCOCCOCCOCCOCCOCCOCCO. The molecular weight excluding hydrogens is 320 g/mol. The van der Waals surface area contributed by atoms with Gasteiger partial charge in [0.25, 0.3) is 0 Å². The lowest BCUT2D eigenvalue weighted by molar-refractivity contribution is -0.0194. The zero-order chi connectivity index (χ0) is 17.6. The van der Waals surface area contributed by atoms with E-state index in [4.69, 9.17) is 40.0 Å². The molecule has 0 spiro atoms. The molecule has 0 bridgehead atoms. The van der Waals surface area contributed by atoms with Gasteiger partial charge < -0.3 is 38.3 Å². The highest BCUT2D eigenvalue weighted by Gasteiger charge is 1.94. The van der Waals surface area contributed by atoms with E-state index < -0.39 is 0 Å².